The Morgan fingerprint density at radius 2 is 2.17 bits per heavy atom. The van der Waals surface area contributed by atoms with Gasteiger partial charge in [0, 0.05) is 9.75 Å². The lowest BCUT2D eigenvalue weighted by atomic mass is 10.0. The molecule has 1 unspecified atom stereocenters. The lowest BCUT2D eigenvalue weighted by Gasteiger charge is -2.15. The van der Waals surface area contributed by atoms with E-state index < -0.39 is 0 Å². The summed E-state index contributed by atoms with van der Waals surface area (Å²) in [7, 11) is 0. The molecule has 1 fully saturated rings. The Hall–Kier alpha value is -0.340. The Morgan fingerprint density at radius 3 is 2.58 bits per heavy atom. The normalized spacial score (nSPS) is 22.2. The van der Waals surface area contributed by atoms with Crippen molar-refractivity contribution in [3.05, 3.63) is 21.9 Å². The summed E-state index contributed by atoms with van der Waals surface area (Å²) >= 11 is 1.71. The van der Waals surface area contributed by atoms with Gasteiger partial charge < -0.3 is 5.11 Å². The first kappa shape index (κ1) is 8.27. The molecule has 66 valence electrons. The minimum atomic E-state index is -0.226. The zero-order chi connectivity index (χ0) is 8.77. The summed E-state index contributed by atoms with van der Waals surface area (Å²) in [6, 6.07) is 4.13. The maximum absolute atomic E-state index is 9.94. The highest BCUT2D eigenvalue weighted by Crippen LogP contribution is 2.55. The summed E-state index contributed by atoms with van der Waals surface area (Å²) in [6.45, 7) is 4.24. The number of thiophene rings is 1. The van der Waals surface area contributed by atoms with Crippen LogP contribution in [0.5, 0.6) is 0 Å². The predicted octanol–water partition coefficient (Wildman–Crippen LogP) is 2.89. The fourth-order valence-corrected chi connectivity index (χ4v) is 2.45. The molecule has 1 nitrogen and oxygen atoms in total. The van der Waals surface area contributed by atoms with E-state index in [9.17, 15) is 5.11 Å². The highest BCUT2D eigenvalue weighted by atomic mass is 32.1. The molecular weight excluding hydrogens is 168 g/mol. The smallest absolute Gasteiger partial charge is 0.0935 e. The Labute approximate surface area is 77.0 Å². The van der Waals surface area contributed by atoms with Crippen LogP contribution in [0.25, 0.3) is 0 Å². The van der Waals surface area contributed by atoms with E-state index in [1.54, 1.807) is 11.3 Å². The molecule has 1 saturated carbocycles. The summed E-state index contributed by atoms with van der Waals surface area (Å²) in [5.74, 6) is 0. The van der Waals surface area contributed by atoms with Crippen LogP contribution in [0.4, 0.5) is 0 Å². The van der Waals surface area contributed by atoms with Gasteiger partial charge in [0.25, 0.3) is 0 Å². The number of aliphatic hydroxyl groups excluding tert-OH is 1. The van der Waals surface area contributed by atoms with Crippen molar-refractivity contribution in [2.75, 3.05) is 0 Å². The summed E-state index contributed by atoms with van der Waals surface area (Å²) in [5, 5.41) is 9.94. The van der Waals surface area contributed by atoms with Crippen molar-refractivity contribution in [3.8, 4) is 0 Å². The van der Waals surface area contributed by atoms with Crippen LogP contribution in [0.3, 0.4) is 0 Å². The van der Waals surface area contributed by atoms with Gasteiger partial charge in [0.2, 0.25) is 0 Å². The van der Waals surface area contributed by atoms with Crippen molar-refractivity contribution in [2.45, 2.75) is 32.8 Å². The lowest BCUT2D eigenvalue weighted by molar-refractivity contribution is 0.107. The summed E-state index contributed by atoms with van der Waals surface area (Å²) in [4.78, 5) is 2.42. The van der Waals surface area contributed by atoms with Gasteiger partial charge in [-0.2, -0.15) is 0 Å². The van der Waals surface area contributed by atoms with Crippen LogP contribution < -0.4 is 0 Å². The second-order valence-electron chi connectivity index (χ2n) is 4.00. The Balaban J connectivity index is 2.19. The molecule has 2 rings (SSSR count). The summed E-state index contributed by atoms with van der Waals surface area (Å²) < 4.78 is 0. The maximum atomic E-state index is 9.94. The van der Waals surface area contributed by atoms with Gasteiger partial charge in [0.1, 0.15) is 0 Å². The molecule has 0 amide bonds. The third kappa shape index (κ3) is 1.29. The summed E-state index contributed by atoms with van der Waals surface area (Å²) in [5.41, 5.74) is 0.192. The van der Waals surface area contributed by atoms with E-state index in [1.165, 1.54) is 17.7 Å². The first-order valence-corrected chi connectivity index (χ1v) is 5.18. The third-order valence-electron chi connectivity index (χ3n) is 2.73. The zero-order valence-corrected chi connectivity index (χ0v) is 8.32. The van der Waals surface area contributed by atoms with E-state index in [-0.39, 0.29) is 11.5 Å². The first-order valence-electron chi connectivity index (χ1n) is 4.36. The van der Waals surface area contributed by atoms with Crippen LogP contribution in [0.1, 0.15) is 35.6 Å². The Kier molecular flexibility index (Phi) is 1.77. The van der Waals surface area contributed by atoms with Crippen molar-refractivity contribution < 1.29 is 5.11 Å². The number of aryl methyl sites for hydroxylation is 1. The van der Waals surface area contributed by atoms with Gasteiger partial charge in [-0.1, -0.05) is 6.92 Å². The molecule has 1 aliphatic rings. The van der Waals surface area contributed by atoms with Crippen LogP contribution in [-0.2, 0) is 0 Å². The highest BCUT2D eigenvalue weighted by Gasteiger charge is 2.45. The average molecular weight is 182 g/mol. The zero-order valence-electron chi connectivity index (χ0n) is 7.50. The van der Waals surface area contributed by atoms with Crippen LogP contribution >= 0.6 is 11.3 Å². The average Bonchev–Trinajstić information content (AvgIpc) is 2.62. The SMILES string of the molecule is Cc1ccc(C(O)C2(C)CC2)s1. The minimum Gasteiger partial charge on any atom is -0.387 e. The number of aliphatic hydroxyl groups is 1. The van der Waals surface area contributed by atoms with Crippen molar-refractivity contribution in [3.63, 3.8) is 0 Å². The molecule has 1 aromatic heterocycles. The minimum absolute atomic E-state index is 0.192. The summed E-state index contributed by atoms with van der Waals surface area (Å²) in [6.07, 6.45) is 2.12. The largest absolute Gasteiger partial charge is 0.387 e. The van der Waals surface area contributed by atoms with E-state index in [0.29, 0.717) is 0 Å². The second-order valence-corrected chi connectivity index (χ2v) is 5.32. The van der Waals surface area contributed by atoms with E-state index in [4.69, 9.17) is 0 Å². The van der Waals surface area contributed by atoms with E-state index in [0.717, 1.165) is 4.88 Å². The lowest BCUT2D eigenvalue weighted by Crippen LogP contribution is -2.07. The molecule has 12 heavy (non-hydrogen) atoms. The molecule has 0 bridgehead atoms. The molecule has 2 heteroatoms. The quantitative estimate of drug-likeness (QED) is 0.745. The van der Waals surface area contributed by atoms with Crippen molar-refractivity contribution in [1.29, 1.82) is 0 Å². The van der Waals surface area contributed by atoms with Gasteiger partial charge in [0.15, 0.2) is 0 Å². The number of hydrogen-bond donors (Lipinski definition) is 1. The van der Waals surface area contributed by atoms with Gasteiger partial charge >= 0.3 is 0 Å². The molecule has 1 heterocycles. The van der Waals surface area contributed by atoms with Crippen LogP contribution in [0.2, 0.25) is 0 Å². The molecule has 1 aliphatic carbocycles. The van der Waals surface area contributed by atoms with Gasteiger partial charge in [0.05, 0.1) is 6.10 Å². The molecule has 0 spiro atoms. The molecular formula is C10H14OS. The van der Waals surface area contributed by atoms with Crippen molar-refractivity contribution in [2.24, 2.45) is 5.41 Å². The first-order chi connectivity index (χ1) is 5.62. The molecule has 0 aromatic carbocycles. The molecule has 0 radical (unpaired) electrons. The van der Waals surface area contributed by atoms with Gasteiger partial charge in [-0.05, 0) is 37.3 Å². The molecule has 1 aromatic rings. The van der Waals surface area contributed by atoms with Crippen LogP contribution in [-0.4, -0.2) is 5.11 Å². The van der Waals surface area contributed by atoms with Crippen LogP contribution in [0, 0.1) is 12.3 Å². The fraction of sp³-hybridized carbons (Fsp3) is 0.600. The van der Waals surface area contributed by atoms with E-state index in [1.807, 2.05) is 6.07 Å². The van der Waals surface area contributed by atoms with Crippen molar-refractivity contribution >= 4 is 11.3 Å². The Morgan fingerprint density at radius 1 is 1.50 bits per heavy atom. The molecule has 1 atom stereocenters. The van der Waals surface area contributed by atoms with Gasteiger partial charge in [-0.3, -0.25) is 0 Å². The third-order valence-corrected chi connectivity index (χ3v) is 3.78. The maximum Gasteiger partial charge on any atom is 0.0935 e. The molecule has 0 aliphatic heterocycles. The second kappa shape index (κ2) is 2.57. The number of hydrogen-bond acceptors (Lipinski definition) is 2. The predicted molar refractivity (Wildman–Crippen MR) is 51.4 cm³/mol. The number of rotatable bonds is 2. The molecule has 1 N–H and O–H groups in total. The topological polar surface area (TPSA) is 20.2 Å². The monoisotopic (exact) mass is 182 g/mol. The fourth-order valence-electron chi connectivity index (χ4n) is 1.41. The van der Waals surface area contributed by atoms with E-state index >= 15 is 0 Å². The Bertz CT molecular complexity index is 286. The van der Waals surface area contributed by atoms with Crippen molar-refractivity contribution in [1.82, 2.24) is 0 Å². The van der Waals surface area contributed by atoms with Gasteiger partial charge in [-0.25, -0.2) is 0 Å². The molecule has 0 saturated heterocycles. The highest BCUT2D eigenvalue weighted by molar-refractivity contribution is 7.12. The standard InChI is InChI=1S/C10H14OS/c1-7-3-4-8(12-7)9(11)10(2)5-6-10/h3-4,9,11H,5-6H2,1-2H3. The van der Waals surface area contributed by atoms with E-state index in [2.05, 4.69) is 19.9 Å². The van der Waals surface area contributed by atoms with Crippen LogP contribution in [0.15, 0.2) is 12.1 Å². The van der Waals surface area contributed by atoms with Gasteiger partial charge in [-0.15, -0.1) is 11.3 Å².